The average molecular weight is 883 g/mol. The van der Waals surface area contributed by atoms with Crippen LogP contribution in [0.25, 0.3) is 93.6 Å². The number of furan rings is 2. The molecule has 1 aliphatic heterocycles. The van der Waals surface area contributed by atoms with Crippen LogP contribution in [0.15, 0.2) is 142 Å². The molecule has 68 heavy (non-hydrogen) atoms. The van der Waals surface area contributed by atoms with Gasteiger partial charge < -0.3 is 18.7 Å². The third-order valence-corrected chi connectivity index (χ3v) is 16.8. The molecule has 3 aromatic heterocycles. The Balaban J connectivity index is 1.08. The van der Waals surface area contributed by atoms with Crippen molar-refractivity contribution in [3.63, 3.8) is 0 Å². The molecule has 0 saturated carbocycles. The largest absolute Gasteiger partial charge is 0.456 e. The van der Waals surface area contributed by atoms with Crippen molar-refractivity contribution in [3.05, 3.63) is 161 Å². The first-order valence-corrected chi connectivity index (χ1v) is 24.7. The highest BCUT2D eigenvalue weighted by Gasteiger charge is 2.40. The summed E-state index contributed by atoms with van der Waals surface area (Å²) in [6.07, 6.45) is 2.32. The Labute approximate surface area is 398 Å². The van der Waals surface area contributed by atoms with Crippen LogP contribution in [0.2, 0.25) is 0 Å². The molecule has 0 radical (unpaired) electrons. The van der Waals surface area contributed by atoms with Crippen LogP contribution in [0.4, 0.5) is 11.4 Å². The number of nitrogens with one attached hydrogen (secondary N) is 1. The molecule has 0 amide bonds. The second kappa shape index (κ2) is 13.2. The van der Waals surface area contributed by atoms with E-state index in [0.717, 1.165) is 64.6 Å². The highest BCUT2D eigenvalue weighted by molar-refractivity contribution is 6.73. The van der Waals surface area contributed by atoms with Gasteiger partial charge in [-0.05, 0) is 134 Å². The summed E-state index contributed by atoms with van der Waals surface area (Å²) in [6.45, 7) is 21.2. The van der Waals surface area contributed by atoms with Crippen LogP contribution >= 0.6 is 0 Å². The van der Waals surface area contributed by atoms with Crippen LogP contribution in [0, 0.1) is 0 Å². The molecule has 11 aromatic rings. The quantitative estimate of drug-likeness (QED) is 0.180. The first-order chi connectivity index (χ1) is 32.5. The van der Waals surface area contributed by atoms with Crippen molar-refractivity contribution in [1.82, 2.24) is 4.57 Å². The SMILES string of the molecule is CC(C)(C)c1ccc(Nc2cc3oc4cc5c(cc4c3cc2-c2ccc3c4c6c(ccc4n4c3c2Bc2cc3c(cc2-4)C(C)(C)c2ccccc2-3)oc2ccccc26)C(C)(C)CCC5(C)C)cc1. The third-order valence-electron chi connectivity index (χ3n) is 16.8. The van der Waals surface area contributed by atoms with E-state index < -0.39 is 0 Å². The van der Waals surface area contributed by atoms with E-state index in [1.807, 2.05) is 0 Å². The van der Waals surface area contributed by atoms with Crippen molar-refractivity contribution in [2.75, 3.05) is 5.32 Å². The van der Waals surface area contributed by atoms with Gasteiger partial charge in [0.05, 0.1) is 11.2 Å². The van der Waals surface area contributed by atoms with Gasteiger partial charge in [0.15, 0.2) is 7.28 Å². The van der Waals surface area contributed by atoms with E-state index in [-0.39, 0.29) is 21.7 Å². The monoisotopic (exact) mass is 882 g/mol. The fourth-order valence-electron chi connectivity index (χ4n) is 12.9. The summed E-state index contributed by atoms with van der Waals surface area (Å²) in [7, 11) is 0.796. The number of rotatable bonds is 3. The van der Waals surface area contributed by atoms with Gasteiger partial charge in [-0.3, -0.25) is 0 Å². The Morgan fingerprint density at radius 2 is 1.24 bits per heavy atom. The topological polar surface area (TPSA) is 43.2 Å². The molecule has 1 N–H and O–H groups in total. The minimum atomic E-state index is -0.127. The normalized spacial score (nSPS) is 16.4. The zero-order valence-electron chi connectivity index (χ0n) is 40.6. The van der Waals surface area contributed by atoms with Gasteiger partial charge in [-0.25, -0.2) is 0 Å². The molecule has 3 aliphatic rings. The van der Waals surface area contributed by atoms with Gasteiger partial charge in [0.25, 0.3) is 0 Å². The van der Waals surface area contributed by atoms with Gasteiger partial charge in [-0.2, -0.15) is 0 Å². The molecule has 332 valence electrons. The highest BCUT2D eigenvalue weighted by atomic mass is 16.3. The van der Waals surface area contributed by atoms with Crippen molar-refractivity contribution in [3.8, 4) is 27.9 Å². The second-order valence-corrected chi connectivity index (χ2v) is 23.2. The van der Waals surface area contributed by atoms with E-state index >= 15 is 0 Å². The van der Waals surface area contributed by atoms with Gasteiger partial charge in [0.2, 0.25) is 0 Å². The van der Waals surface area contributed by atoms with Crippen molar-refractivity contribution in [2.24, 2.45) is 0 Å². The fraction of sp³-hybridized carbons (Fsp3) is 0.238. The van der Waals surface area contributed by atoms with Crippen molar-refractivity contribution < 1.29 is 8.83 Å². The molecule has 5 heteroatoms. The lowest BCUT2D eigenvalue weighted by atomic mass is 9.58. The average Bonchev–Trinajstić information content (AvgIpc) is 4.03. The molecule has 2 aliphatic carbocycles. The summed E-state index contributed by atoms with van der Waals surface area (Å²) in [5, 5.41) is 11.1. The lowest BCUT2D eigenvalue weighted by molar-refractivity contribution is 0.332. The fourth-order valence-corrected chi connectivity index (χ4v) is 12.9. The molecule has 0 unspecified atom stereocenters. The number of benzene rings is 8. The van der Waals surface area contributed by atoms with E-state index in [2.05, 4.69) is 206 Å². The summed E-state index contributed by atoms with van der Waals surface area (Å²) in [5.74, 6) is 0. The minimum absolute atomic E-state index is 0.0538. The van der Waals surface area contributed by atoms with Gasteiger partial charge in [0.1, 0.15) is 22.3 Å². The standard InChI is InChI=1S/C63H55BN2O2/c1-60(2,3)34-18-20-35(21-19-34)65-49-33-55-42(43-29-46-47(32-54(43)68-55)62(6,7)27-26-61(46,4)5)28-41(49)37-22-23-39-56-50(24-25-53-57(56)38-15-11-13-17-52(38)67-53)66-51-31-45-40(30-48(51)64-58(37)59(39)66)36-14-10-12-16-44(36)63(45,8)9/h10-25,28-33,64-65H,26-27H2,1-9H3. The second-order valence-electron chi connectivity index (χ2n) is 23.2. The summed E-state index contributed by atoms with van der Waals surface area (Å²) in [6, 6.07) is 50.4. The summed E-state index contributed by atoms with van der Waals surface area (Å²) < 4.78 is 16.1. The first kappa shape index (κ1) is 40.1. The van der Waals surface area contributed by atoms with Crippen LogP contribution in [-0.2, 0) is 21.7 Å². The predicted molar refractivity (Wildman–Crippen MR) is 288 cm³/mol. The maximum atomic E-state index is 6.96. The molecule has 0 atom stereocenters. The zero-order valence-corrected chi connectivity index (χ0v) is 40.6. The van der Waals surface area contributed by atoms with E-state index in [4.69, 9.17) is 8.83 Å². The molecular formula is C63H55BN2O2. The van der Waals surface area contributed by atoms with Gasteiger partial charge in [-0.1, -0.05) is 141 Å². The highest BCUT2D eigenvalue weighted by Crippen LogP contribution is 2.52. The molecule has 0 fully saturated rings. The summed E-state index contributed by atoms with van der Waals surface area (Å²) >= 11 is 0. The van der Waals surface area contributed by atoms with E-state index in [1.54, 1.807) is 0 Å². The number of nitrogens with zero attached hydrogens (tertiary/aromatic N) is 1. The Morgan fingerprint density at radius 3 is 2.03 bits per heavy atom. The Hall–Kier alpha value is -6.98. The van der Waals surface area contributed by atoms with Crippen LogP contribution in [-0.4, -0.2) is 11.8 Å². The van der Waals surface area contributed by atoms with Crippen LogP contribution < -0.4 is 16.2 Å². The van der Waals surface area contributed by atoms with Crippen molar-refractivity contribution >= 4 is 95.3 Å². The van der Waals surface area contributed by atoms with Crippen molar-refractivity contribution in [2.45, 2.75) is 96.8 Å². The number of hydrogen-bond donors (Lipinski definition) is 1. The van der Waals surface area contributed by atoms with Crippen molar-refractivity contribution in [1.29, 1.82) is 0 Å². The Bertz CT molecular complexity index is 4030. The molecular weight excluding hydrogens is 828 g/mol. The molecule has 0 saturated heterocycles. The summed E-state index contributed by atoms with van der Waals surface area (Å²) in [5.41, 5.74) is 24.3. The van der Waals surface area contributed by atoms with Crippen LogP contribution in [0.3, 0.4) is 0 Å². The smallest absolute Gasteiger partial charge is 0.198 e. The van der Waals surface area contributed by atoms with Gasteiger partial charge in [-0.15, -0.1) is 0 Å². The first-order valence-electron chi connectivity index (χ1n) is 24.7. The maximum absolute atomic E-state index is 6.96. The number of hydrogen-bond acceptors (Lipinski definition) is 3. The molecule has 4 heterocycles. The molecule has 8 aromatic carbocycles. The Kier molecular flexibility index (Phi) is 7.77. The lowest BCUT2D eigenvalue weighted by Crippen LogP contribution is -2.37. The van der Waals surface area contributed by atoms with Crippen LogP contribution in [0.5, 0.6) is 0 Å². The third kappa shape index (κ3) is 5.39. The maximum Gasteiger partial charge on any atom is 0.198 e. The van der Waals surface area contributed by atoms with E-state index in [1.165, 1.54) is 99.3 Å². The number of fused-ring (bicyclic) bond motifs is 16. The Morgan fingerprint density at radius 1 is 0.529 bits per heavy atom. The molecule has 0 bridgehead atoms. The molecule has 14 rings (SSSR count). The lowest BCUT2D eigenvalue weighted by Gasteiger charge is -2.41. The zero-order chi connectivity index (χ0) is 46.4. The predicted octanol–water partition coefficient (Wildman–Crippen LogP) is 15.6. The molecule has 4 nitrogen and oxygen atoms in total. The van der Waals surface area contributed by atoms with E-state index in [9.17, 15) is 0 Å². The van der Waals surface area contributed by atoms with Gasteiger partial charge in [0, 0.05) is 66.3 Å². The van der Waals surface area contributed by atoms with E-state index in [0.29, 0.717) is 0 Å². The summed E-state index contributed by atoms with van der Waals surface area (Å²) in [4.78, 5) is 0. The van der Waals surface area contributed by atoms with Crippen LogP contribution in [0.1, 0.15) is 103 Å². The number of aromatic nitrogens is 1. The number of anilines is 2. The number of para-hydroxylation sites is 1. The molecule has 0 spiro atoms. The van der Waals surface area contributed by atoms with Gasteiger partial charge >= 0.3 is 0 Å². The minimum Gasteiger partial charge on any atom is -0.456 e.